The number of halogens is 1. The maximum Gasteiger partial charge on any atom is 0.130 e. The molecule has 2 atom stereocenters. The van der Waals surface area contributed by atoms with Crippen molar-refractivity contribution in [2.45, 2.75) is 44.5 Å². The standard InChI is InChI=1S/C18H24FNS/c1-4-14-15-8-9-20-11-16(15)21-17(14)12-6-5-7-13(10-12)18(2,3)19/h5-7,10,14,17,20H,4,8-9,11H2,1-3H3. The summed E-state index contributed by atoms with van der Waals surface area (Å²) < 4.78 is 14.2. The summed E-state index contributed by atoms with van der Waals surface area (Å²) in [6.45, 7) is 7.66. The van der Waals surface area contributed by atoms with E-state index < -0.39 is 5.67 Å². The van der Waals surface area contributed by atoms with E-state index in [9.17, 15) is 4.39 Å². The first kappa shape index (κ1) is 15.1. The van der Waals surface area contributed by atoms with E-state index in [4.69, 9.17) is 0 Å². The van der Waals surface area contributed by atoms with Gasteiger partial charge in [-0.05, 0) is 55.2 Å². The van der Waals surface area contributed by atoms with Crippen LogP contribution in [0.5, 0.6) is 0 Å². The van der Waals surface area contributed by atoms with Crippen molar-refractivity contribution in [2.75, 3.05) is 13.1 Å². The molecular weight excluding hydrogens is 281 g/mol. The molecule has 2 aliphatic rings. The van der Waals surface area contributed by atoms with Gasteiger partial charge in [0, 0.05) is 11.8 Å². The molecule has 0 bridgehead atoms. The van der Waals surface area contributed by atoms with E-state index >= 15 is 0 Å². The minimum atomic E-state index is -1.27. The van der Waals surface area contributed by atoms with Gasteiger partial charge in [0.2, 0.25) is 0 Å². The van der Waals surface area contributed by atoms with Crippen LogP contribution in [0.15, 0.2) is 34.7 Å². The molecule has 0 aromatic heterocycles. The van der Waals surface area contributed by atoms with Gasteiger partial charge in [0.05, 0.1) is 0 Å². The fourth-order valence-corrected chi connectivity index (χ4v) is 5.15. The number of thioether (sulfide) groups is 1. The molecule has 0 amide bonds. The molecule has 0 radical (unpaired) electrons. The van der Waals surface area contributed by atoms with Crippen molar-refractivity contribution in [3.8, 4) is 0 Å². The van der Waals surface area contributed by atoms with Crippen molar-refractivity contribution < 1.29 is 4.39 Å². The van der Waals surface area contributed by atoms with Gasteiger partial charge in [0.1, 0.15) is 5.67 Å². The Labute approximate surface area is 131 Å². The molecule has 1 aromatic carbocycles. The summed E-state index contributed by atoms with van der Waals surface area (Å²) in [5, 5.41) is 3.93. The van der Waals surface area contributed by atoms with Gasteiger partial charge >= 0.3 is 0 Å². The van der Waals surface area contributed by atoms with Gasteiger partial charge in [0.25, 0.3) is 0 Å². The Bertz CT molecular complexity index is 559. The predicted molar refractivity (Wildman–Crippen MR) is 89.2 cm³/mol. The third kappa shape index (κ3) is 2.91. The number of hydrogen-bond acceptors (Lipinski definition) is 2. The third-order valence-corrected chi connectivity index (χ3v) is 6.18. The SMILES string of the molecule is CCC1C2=C(CNCC2)SC1c1cccc(C(C)(C)F)c1. The lowest BCUT2D eigenvalue weighted by Crippen LogP contribution is -2.24. The molecule has 3 heteroatoms. The summed E-state index contributed by atoms with van der Waals surface area (Å²) >= 11 is 1.99. The number of alkyl halides is 1. The normalized spacial score (nSPS) is 26.1. The molecule has 114 valence electrons. The molecule has 0 fully saturated rings. The summed E-state index contributed by atoms with van der Waals surface area (Å²) in [6, 6.07) is 8.15. The fraction of sp³-hybridized carbons (Fsp3) is 0.556. The minimum Gasteiger partial charge on any atom is -0.312 e. The Morgan fingerprint density at radius 2 is 2.19 bits per heavy atom. The van der Waals surface area contributed by atoms with Crippen molar-refractivity contribution in [1.29, 1.82) is 0 Å². The monoisotopic (exact) mass is 305 g/mol. The number of rotatable bonds is 3. The number of hydrogen-bond donors (Lipinski definition) is 1. The van der Waals surface area contributed by atoms with Crippen molar-refractivity contribution >= 4 is 11.8 Å². The zero-order valence-electron chi connectivity index (χ0n) is 13.1. The van der Waals surface area contributed by atoms with Gasteiger partial charge in [-0.3, -0.25) is 0 Å². The number of benzene rings is 1. The Morgan fingerprint density at radius 3 is 2.90 bits per heavy atom. The smallest absolute Gasteiger partial charge is 0.130 e. The first-order valence-electron chi connectivity index (χ1n) is 7.89. The molecular formula is C18H24FNS. The van der Waals surface area contributed by atoms with Crippen molar-refractivity contribution in [3.63, 3.8) is 0 Å². The molecule has 1 nitrogen and oxygen atoms in total. The fourth-order valence-electron chi connectivity index (χ4n) is 3.45. The van der Waals surface area contributed by atoms with Crippen LogP contribution in [0.1, 0.15) is 50.0 Å². The molecule has 2 heterocycles. The molecule has 0 saturated heterocycles. The molecule has 0 saturated carbocycles. The molecule has 1 aromatic rings. The topological polar surface area (TPSA) is 12.0 Å². The van der Waals surface area contributed by atoms with Crippen molar-refractivity contribution in [2.24, 2.45) is 5.92 Å². The average Bonchev–Trinajstić information content (AvgIpc) is 2.85. The largest absolute Gasteiger partial charge is 0.312 e. The summed E-state index contributed by atoms with van der Waals surface area (Å²) in [5.74, 6) is 0.616. The van der Waals surface area contributed by atoms with E-state index in [-0.39, 0.29) is 0 Å². The average molecular weight is 305 g/mol. The zero-order valence-corrected chi connectivity index (χ0v) is 13.9. The first-order chi connectivity index (χ1) is 10.0. The van der Waals surface area contributed by atoms with Crippen LogP contribution in [0.2, 0.25) is 0 Å². The summed E-state index contributed by atoms with van der Waals surface area (Å²) in [4.78, 5) is 1.53. The molecule has 0 aliphatic carbocycles. The van der Waals surface area contributed by atoms with E-state index in [2.05, 4.69) is 24.4 Å². The van der Waals surface area contributed by atoms with Gasteiger partial charge in [0.15, 0.2) is 0 Å². The maximum atomic E-state index is 14.2. The van der Waals surface area contributed by atoms with Gasteiger partial charge in [-0.15, -0.1) is 11.8 Å². The first-order valence-corrected chi connectivity index (χ1v) is 8.77. The summed E-state index contributed by atoms with van der Waals surface area (Å²) in [6.07, 6.45) is 2.34. The van der Waals surface area contributed by atoms with E-state index in [0.29, 0.717) is 11.2 Å². The van der Waals surface area contributed by atoms with Crippen LogP contribution in [-0.4, -0.2) is 13.1 Å². The molecule has 2 aliphatic heterocycles. The molecule has 21 heavy (non-hydrogen) atoms. The second kappa shape index (κ2) is 5.77. The van der Waals surface area contributed by atoms with Crippen LogP contribution in [0, 0.1) is 5.92 Å². The van der Waals surface area contributed by atoms with Crippen LogP contribution in [0.25, 0.3) is 0 Å². The molecule has 2 unspecified atom stereocenters. The Balaban J connectivity index is 1.91. The lowest BCUT2D eigenvalue weighted by atomic mass is 9.85. The summed E-state index contributed by atoms with van der Waals surface area (Å²) in [5.41, 5.74) is 2.45. The van der Waals surface area contributed by atoms with Crippen LogP contribution >= 0.6 is 11.8 Å². The van der Waals surface area contributed by atoms with E-state index in [1.807, 2.05) is 23.9 Å². The molecule has 1 N–H and O–H groups in total. The van der Waals surface area contributed by atoms with E-state index in [1.54, 1.807) is 19.4 Å². The van der Waals surface area contributed by atoms with Gasteiger partial charge in [-0.2, -0.15) is 0 Å². The summed E-state index contributed by atoms with van der Waals surface area (Å²) in [7, 11) is 0. The zero-order chi connectivity index (χ0) is 15.0. The second-order valence-electron chi connectivity index (χ2n) is 6.53. The molecule has 3 rings (SSSR count). The Kier molecular flexibility index (Phi) is 4.15. The highest BCUT2D eigenvalue weighted by atomic mass is 32.2. The Hall–Kier alpha value is -0.800. The van der Waals surface area contributed by atoms with E-state index in [1.165, 1.54) is 23.3 Å². The number of nitrogens with one attached hydrogen (secondary N) is 1. The van der Waals surface area contributed by atoms with Gasteiger partial charge < -0.3 is 5.32 Å². The maximum absolute atomic E-state index is 14.2. The van der Waals surface area contributed by atoms with Crippen LogP contribution < -0.4 is 5.32 Å². The van der Waals surface area contributed by atoms with Crippen LogP contribution in [-0.2, 0) is 5.67 Å². The second-order valence-corrected chi connectivity index (χ2v) is 7.76. The van der Waals surface area contributed by atoms with Crippen molar-refractivity contribution in [1.82, 2.24) is 5.32 Å². The van der Waals surface area contributed by atoms with Crippen molar-refractivity contribution in [3.05, 3.63) is 45.9 Å². The Morgan fingerprint density at radius 1 is 1.38 bits per heavy atom. The van der Waals surface area contributed by atoms with E-state index in [0.717, 1.165) is 18.7 Å². The minimum absolute atomic E-state index is 0.460. The molecule has 0 spiro atoms. The quantitative estimate of drug-likeness (QED) is 0.847. The highest BCUT2D eigenvalue weighted by Gasteiger charge is 2.36. The van der Waals surface area contributed by atoms with Gasteiger partial charge in [-0.1, -0.05) is 36.8 Å². The lowest BCUT2D eigenvalue weighted by Gasteiger charge is -2.23. The van der Waals surface area contributed by atoms with Crippen LogP contribution in [0.4, 0.5) is 4.39 Å². The van der Waals surface area contributed by atoms with Gasteiger partial charge in [-0.25, -0.2) is 4.39 Å². The highest BCUT2D eigenvalue weighted by molar-refractivity contribution is 8.03. The predicted octanol–water partition coefficient (Wildman–Crippen LogP) is 4.95. The lowest BCUT2D eigenvalue weighted by molar-refractivity contribution is 0.221. The third-order valence-electron chi connectivity index (χ3n) is 4.64. The highest BCUT2D eigenvalue weighted by Crippen LogP contribution is 2.54. The van der Waals surface area contributed by atoms with Crippen LogP contribution in [0.3, 0.4) is 0 Å².